The SMILES string of the molecule is Cn1cc(C2=C(c3cn(CCCO)c4ccccc34)C(=O)OC2=O)c2ccccc21. The summed E-state index contributed by atoms with van der Waals surface area (Å²) in [6.45, 7) is 0.684. The summed E-state index contributed by atoms with van der Waals surface area (Å²) in [7, 11) is 1.91. The summed E-state index contributed by atoms with van der Waals surface area (Å²) in [4.78, 5) is 25.6. The molecular formula is C24H20N2O4. The van der Waals surface area contributed by atoms with Gasteiger partial charge in [0.25, 0.3) is 0 Å². The third kappa shape index (κ3) is 2.69. The molecule has 0 unspecified atom stereocenters. The maximum Gasteiger partial charge on any atom is 0.347 e. The minimum atomic E-state index is -0.631. The number of aromatic nitrogens is 2. The molecule has 4 aromatic rings. The molecule has 1 aliphatic heterocycles. The first-order valence-electron chi connectivity index (χ1n) is 9.84. The summed E-state index contributed by atoms with van der Waals surface area (Å²) in [5, 5.41) is 11.0. The van der Waals surface area contributed by atoms with Gasteiger partial charge in [0.05, 0.1) is 11.1 Å². The summed E-state index contributed by atoms with van der Waals surface area (Å²) in [6, 6.07) is 15.5. The lowest BCUT2D eigenvalue weighted by molar-refractivity contribution is -0.149. The van der Waals surface area contributed by atoms with Gasteiger partial charge in [-0.3, -0.25) is 0 Å². The zero-order valence-corrected chi connectivity index (χ0v) is 16.5. The summed E-state index contributed by atoms with van der Waals surface area (Å²) < 4.78 is 9.03. The molecular weight excluding hydrogens is 380 g/mol. The fourth-order valence-electron chi connectivity index (χ4n) is 4.29. The summed E-state index contributed by atoms with van der Waals surface area (Å²) >= 11 is 0. The number of fused-ring (bicyclic) bond motifs is 2. The van der Waals surface area contributed by atoms with Crippen molar-refractivity contribution in [1.82, 2.24) is 9.13 Å². The van der Waals surface area contributed by atoms with E-state index in [2.05, 4.69) is 0 Å². The van der Waals surface area contributed by atoms with Crippen LogP contribution in [0.1, 0.15) is 17.5 Å². The number of ether oxygens (including phenoxy) is 1. The number of aliphatic hydroxyl groups is 1. The third-order valence-corrected chi connectivity index (χ3v) is 5.62. The van der Waals surface area contributed by atoms with E-state index in [4.69, 9.17) is 4.74 Å². The van der Waals surface area contributed by atoms with Crippen LogP contribution in [-0.4, -0.2) is 32.8 Å². The van der Waals surface area contributed by atoms with Crippen molar-refractivity contribution in [2.75, 3.05) is 6.61 Å². The van der Waals surface area contributed by atoms with E-state index in [0.29, 0.717) is 29.7 Å². The topological polar surface area (TPSA) is 73.5 Å². The molecule has 0 atom stereocenters. The molecule has 1 aliphatic rings. The molecule has 30 heavy (non-hydrogen) atoms. The van der Waals surface area contributed by atoms with Crippen LogP contribution in [0.4, 0.5) is 0 Å². The number of esters is 2. The number of carbonyl (C=O) groups excluding carboxylic acids is 2. The standard InChI is InChI=1S/C24H20N2O4/c1-25-13-17(15-7-2-4-9-19(15)25)21-22(24(29)30-23(21)28)18-14-26(11-6-12-27)20-10-5-3-8-16(18)20/h2-5,7-10,13-14,27H,6,11-12H2,1H3. The molecule has 150 valence electrons. The van der Waals surface area contributed by atoms with Crippen molar-refractivity contribution in [3.8, 4) is 0 Å². The maximum absolute atomic E-state index is 12.8. The van der Waals surface area contributed by atoms with E-state index in [1.807, 2.05) is 77.1 Å². The smallest absolute Gasteiger partial charge is 0.347 e. The number of para-hydroxylation sites is 2. The molecule has 0 bridgehead atoms. The number of rotatable bonds is 5. The minimum absolute atomic E-state index is 0.0757. The van der Waals surface area contributed by atoms with E-state index in [-0.39, 0.29) is 12.2 Å². The average molecular weight is 400 g/mol. The van der Waals surface area contributed by atoms with Gasteiger partial charge in [-0.25, -0.2) is 9.59 Å². The Morgan fingerprint density at radius 3 is 2.07 bits per heavy atom. The number of hydrogen-bond donors (Lipinski definition) is 1. The molecule has 0 amide bonds. The molecule has 0 saturated carbocycles. The van der Waals surface area contributed by atoms with Crippen molar-refractivity contribution in [2.45, 2.75) is 13.0 Å². The van der Waals surface area contributed by atoms with Crippen LogP contribution in [0.3, 0.4) is 0 Å². The normalized spacial score (nSPS) is 14.3. The molecule has 5 rings (SSSR count). The zero-order valence-electron chi connectivity index (χ0n) is 16.5. The van der Waals surface area contributed by atoms with Crippen molar-refractivity contribution in [1.29, 1.82) is 0 Å². The molecule has 3 heterocycles. The molecule has 0 spiro atoms. The molecule has 0 radical (unpaired) electrons. The first-order chi connectivity index (χ1) is 14.6. The van der Waals surface area contributed by atoms with Crippen molar-refractivity contribution < 1.29 is 19.4 Å². The number of aliphatic hydroxyl groups excluding tert-OH is 1. The van der Waals surface area contributed by atoms with E-state index in [1.54, 1.807) is 0 Å². The van der Waals surface area contributed by atoms with E-state index in [9.17, 15) is 14.7 Å². The van der Waals surface area contributed by atoms with E-state index in [0.717, 1.165) is 21.8 Å². The average Bonchev–Trinajstić information content (AvgIpc) is 3.37. The van der Waals surface area contributed by atoms with E-state index >= 15 is 0 Å². The lowest BCUT2D eigenvalue weighted by atomic mass is 9.95. The highest BCUT2D eigenvalue weighted by molar-refractivity contribution is 6.46. The highest BCUT2D eigenvalue weighted by atomic mass is 16.6. The van der Waals surface area contributed by atoms with Crippen molar-refractivity contribution in [3.05, 3.63) is 72.1 Å². The van der Waals surface area contributed by atoms with E-state index in [1.165, 1.54) is 0 Å². The second-order valence-corrected chi connectivity index (χ2v) is 7.43. The monoisotopic (exact) mass is 400 g/mol. The molecule has 2 aromatic carbocycles. The highest BCUT2D eigenvalue weighted by Gasteiger charge is 2.37. The molecule has 0 fully saturated rings. The molecule has 0 saturated heterocycles. The second kappa shape index (κ2) is 7.00. The number of cyclic esters (lactones) is 2. The highest BCUT2D eigenvalue weighted by Crippen LogP contribution is 2.40. The van der Waals surface area contributed by atoms with Gasteiger partial charge in [0.1, 0.15) is 0 Å². The Morgan fingerprint density at radius 2 is 1.40 bits per heavy atom. The predicted octanol–water partition coefficient (Wildman–Crippen LogP) is 3.51. The zero-order chi connectivity index (χ0) is 20.8. The van der Waals surface area contributed by atoms with Gasteiger partial charge < -0.3 is 19.0 Å². The lowest BCUT2D eigenvalue weighted by Gasteiger charge is -2.02. The fourth-order valence-corrected chi connectivity index (χ4v) is 4.29. The number of nitrogens with zero attached hydrogens (tertiary/aromatic N) is 2. The molecule has 0 aliphatic carbocycles. The minimum Gasteiger partial charge on any atom is -0.396 e. The van der Waals surface area contributed by atoms with Crippen LogP contribution in [-0.2, 0) is 27.9 Å². The Balaban J connectivity index is 1.81. The summed E-state index contributed by atoms with van der Waals surface area (Å²) in [6.07, 6.45) is 4.34. The number of carbonyl (C=O) groups is 2. The van der Waals surface area contributed by atoms with Crippen LogP contribution in [0.15, 0.2) is 60.9 Å². The maximum atomic E-state index is 12.8. The van der Waals surface area contributed by atoms with Crippen LogP contribution in [0.25, 0.3) is 33.0 Å². The van der Waals surface area contributed by atoms with E-state index < -0.39 is 11.9 Å². The molecule has 6 nitrogen and oxygen atoms in total. The Labute approximate surface area is 172 Å². The third-order valence-electron chi connectivity index (χ3n) is 5.62. The first-order valence-corrected chi connectivity index (χ1v) is 9.84. The number of benzene rings is 2. The second-order valence-electron chi connectivity index (χ2n) is 7.43. The van der Waals surface area contributed by atoms with Crippen LogP contribution in [0, 0.1) is 0 Å². The van der Waals surface area contributed by atoms with Gasteiger partial charge in [-0.05, 0) is 18.6 Å². The Morgan fingerprint density at radius 1 is 0.833 bits per heavy atom. The van der Waals surface area contributed by atoms with Gasteiger partial charge in [0.15, 0.2) is 0 Å². The van der Waals surface area contributed by atoms with Crippen LogP contribution < -0.4 is 0 Å². The van der Waals surface area contributed by atoms with Crippen molar-refractivity contribution in [2.24, 2.45) is 7.05 Å². The van der Waals surface area contributed by atoms with Gasteiger partial charge in [0.2, 0.25) is 0 Å². The van der Waals surface area contributed by atoms with Gasteiger partial charge in [-0.15, -0.1) is 0 Å². The Kier molecular flexibility index (Phi) is 4.29. The van der Waals surface area contributed by atoms with Gasteiger partial charge in [0, 0.05) is 65.5 Å². The summed E-state index contributed by atoms with van der Waals surface area (Å²) in [5.41, 5.74) is 3.85. The quantitative estimate of drug-likeness (QED) is 0.411. The lowest BCUT2D eigenvalue weighted by Crippen LogP contribution is -2.02. The fraction of sp³-hybridized carbons (Fsp3) is 0.167. The number of aryl methyl sites for hydroxylation is 2. The summed E-state index contributed by atoms with van der Waals surface area (Å²) in [5.74, 6) is -1.26. The van der Waals surface area contributed by atoms with Crippen LogP contribution in [0.5, 0.6) is 0 Å². The molecule has 1 N–H and O–H groups in total. The predicted molar refractivity (Wildman–Crippen MR) is 114 cm³/mol. The van der Waals surface area contributed by atoms with Crippen molar-refractivity contribution >= 4 is 44.9 Å². The Bertz CT molecular complexity index is 1360. The van der Waals surface area contributed by atoms with Crippen molar-refractivity contribution in [3.63, 3.8) is 0 Å². The van der Waals surface area contributed by atoms with Gasteiger partial charge in [-0.1, -0.05) is 36.4 Å². The Hall–Kier alpha value is -3.64. The largest absolute Gasteiger partial charge is 0.396 e. The van der Waals surface area contributed by atoms with Gasteiger partial charge in [-0.2, -0.15) is 0 Å². The van der Waals surface area contributed by atoms with Crippen LogP contribution >= 0.6 is 0 Å². The molecule has 2 aromatic heterocycles. The van der Waals surface area contributed by atoms with Gasteiger partial charge >= 0.3 is 11.9 Å². The first kappa shape index (κ1) is 18.4. The molecule has 6 heteroatoms. The van der Waals surface area contributed by atoms with Crippen LogP contribution in [0.2, 0.25) is 0 Å². The number of hydrogen-bond acceptors (Lipinski definition) is 4.